The molecule has 0 radical (unpaired) electrons. The average molecular weight is 196 g/mol. The van der Waals surface area contributed by atoms with Crippen molar-refractivity contribution < 1.29 is 0 Å². The Bertz CT molecular complexity index is 189. The van der Waals surface area contributed by atoms with E-state index in [0.29, 0.717) is 12.1 Å². The van der Waals surface area contributed by atoms with Gasteiger partial charge >= 0.3 is 0 Å². The van der Waals surface area contributed by atoms with Gasteiger partial charge in [-0.25, -0.2) is 0 Å². The molecule has 2 aliphatic rings. The van der Waals surface area contributed by atoms with Crippen molar-refractivity contribution in [2.45, 2.75) is 58.2 Å². The maximum atomic E-state index is 3.58. The van der Waals surface area contributed by atoms with E-state index in [1.54, 1.807) is 0 Å². The van der Waals surface area contributed by atoms with E-state index < -0.39 is 0 Å². The summed E-state index contributed by atoms with van der Waals surface area (Å²) in [6.45, 7) is 9.54. The summed E-state index contributed by atoms with van der Waals surface area (Å²) in [7, 11) is 0. The second kappa shape index (κ2) is 4.19. The van der Waals surface area contributed by atoms with Gasteiger partial charge in [-0.3, -0.25) is 4.90 Å². The molecule has 3 unspecified atom stereocenters. The molecule has 0 spiro atoms. The zero-order valence-corrected chi connectivity index (χ0v) is 9.79. The van der Waals surface area contributed by atoms with E-state index in [0.717, 1.165) is 18.5 Å². The predicted molar refractivity (Wildman–Crippen MR) is 60.4 cm³/mol. The maximum Gasteiger partial charge on any atom is 0.0221 e. The molecule has 0 aromatic carbocycles. The number of nitrogens with zero attached hydrogens (tertiary/aromatic N) is 1. The molecule has 1 N–H and O–H groups in total. The van der Waals surface area contributed by atoms with Crippen LogP contribution in [0.15, 0.2) is 0 Å². The summed E-state index contributed by atoms with van der Waals surface area (Å²) >= 11 is 0. The largest absolute Gasteiger partial charge is 0.311 e. The minimum Gasteiger partial charge on any atom is -0.311 e. The summed E-state index contributed by atoms with van der Waals surface area (Å²) < 4.78 is 0. The van der Waals surface area contributed by atoms with Crippen molar-refractivity contribution in [1.82, 2.24) is 10.2 Å². The highest BCUT2D eigenvalue weighted by molar-refractivity contribution is 4.90. The van der Waals surface area contributed by atoms with Gasteiger partial charge in [0, 0.05) is 31.2 Å². The van der Waals surface area contributed by atoms with Crippen LogP contribution < -0.4 is 5.32 Å². The van der Waals surface area contributed by atoms with Crippen molar-refractivity contribution in [3.05, 3.63) is 0 Å². The Hall–Kier alpha value is -0.0800. The Morgan fingerprint density at radius 2 is 1.93 bits per heavy atom. The van der Waals surface area contributed by atoms with Crippen LogP contribution in [0, 0.1) is 5.92 Å². The highest BCUT2D eigenvalue weighted by atomic mass is 15.3. The van der Waals surface area contributed by atoms with Crippen LogP contribution in [0.1, 0.15) is 40.0 Å². The molecule has 0 aromatic heterocycles. The first-order chi connectivity index (χ1) is 6.68. The molecule has 1 aliphatic carbocycles. The molecular formula is C12H24N2. The fourth-order valence-corrected chi connectivity index (χ4v) is 2.65. The smallest absolute Gasteiger partial charge is 0.0221 e. The topological polar surface area (TPSA) is 15.3 Å². The van der Waals surface area contributed by atoms with Crippen molar-refractivity contribution in [1.29, 1.82) is 0 Å². The summed E-state index contributed by atoms with van der Waals surface area (Å²) in [5.74, 6) is 1.00. The first-order valence-electron chi connectivity index (χ1n) is 6.17. The van der Waals surface area contributed by atoms with E-state index in [4.69, 9.17) is 0 Å². The third kappa shape index (κ3) is 1.96. The Morgan fingerprint density at radius 1 is 1.21 bits per heavy atom. The van der Waals surface area contributed by atoms with Crippen LogP contribution in [0.2, 0.25) is 0 Å². The van der Waals surface area contributed by atoms with Crippen molar-refractivity contribution >= 4 is 0 Å². The molecule has 0 aromatic rings. The van der Waals surface area contributed by atoms with Crippen molar-refractivity contribution in [3.8, 4) is 0 Å². The van der Waals surface area contributed by atoms with E-state index >= 15 is 0 Å². The van der Waals surface area contributed by atoms with Gasteiger partial charge in [0.15, 0.2) is 0 Å². The van der Waals surface area contributed by atoms with E-state index in [1.807, 2.05) is 0 Å². The molecule has 2 fully saturated rings. The van der Waals surface area contributed by atoms with Gasteiger partial charge in [-0.05, 0) is 39.5 Å². The van der Waals surface area contributed by atoms with Gasteiger partial charge in [-0.2, -0.15) is 0 Å². The van der Waals surface area contributed by atoms with Crippen molar-refractivity contribution in [2.75, 3.05) is 13.1 Å². The quantitative estimate of drug-likeness (QED) is 0.725. The molecule has 3 atom stereocenters. The van der Waals surface area contributed by atoms with E-state index in [1.165, 1.54) is 25.8 Å². The molecule has 14 heavy (non-hydrogen) atoms. The lowest BCUT2D eigenvalue weighted by atomic mass is 9.84. The fraction of sp³-hybridized carbons (Fsp3) is 1.00. The molecule has 2 rings (SSSR count). The number of hydrogen-bond acceptors (Lipinski definition) is 2. The van der Waals surface area contributed by atoms with Gasteiger partial charge in [-0.15, -0.1) is 0 Å². The maximum absolute atomic E-state index is 3.58. The first-order valence-corrected chi connectivity index (χ1v) is 6.17. The molecule has 0 bridgehead atoms. The number of piperazine rings is 1. The lowest BCUT2D eigenvalue weighted by Gasteiger charge is -2.46. The third-order valence-electron chi connectivity index (χ3n) is 4.24. The summed E-state index contributed by atoms with van der Waals surface area (Å²) in [6, 6.07) is 2.09. The van der Waals surface area contributed by atoms with Gasteiger partial charge in [0.05, 0.1) is 0 Å². The predicted octanol–water partition coefficient (Wildman–Crippen LogP) is 1.86. The molecule has 1 heterocycles. The SMILES string of the molecule is CC1NCC(C)N(CC2CCC2)C1C. The van der Waals surface area contributed by atoms with Crippen LogP contribution >= 0.6 is 0 Å². The van der Waals surface area contributed by atoms with Crippen LogP contribution in [0.5, 0.6) is 0 Å². The van der Waals surface area contributed by atoms with Gasteiger partial charge in [0.25, 0.3) is 0 Å². The summed E-state index contributed by atoms with van der Waals surface area (Å²) in [4.78, 5) is 2.71. The standard InChI is InChI=1S/C12H24N2/c1-9-7-13-10(2)11(3)14(9)8-12-5-4-6-12/h9-13H,4-8H2,1-3H3. The molecule has 1 aliphatic heterocycles. The monoisotopic (exact) mass is 196 g/mol. The van der Waals surface area contributed by atoms with Crippen LogP contribution in [-0.2, 0) is 0 Å². The summed E-state index contributed by atoms with van der Waals surface area (Å²) in [5, 5.41) is 3.58. The lowest BCUT2D eigenvalue weighted by Crippen LogP contribution is -2.60. The minimum atomic E-state index is 0.659. The third-order valence-corrected chi connectivity index (χ3v) is 4.24. The zero-order chi connectivity index (χ0) is 10.1. The van der Waals surface area contributed by atoms with Gasteiger partial charge in [0.1, 0.15) is 0 Å². The Kier molecular flexibility index (Phi) is 3.13. The molecule has 1 saturated carbocycles. The number of rotatable bonds is 2. The Balaban J connectivity index is 1.91. The summed E-state index contributed by atoms with van der Waals surface area (Å²) in [6.07, 6.45) is 4.41. The highest BCUT2D eigenvalue weighted by Gasteiger charge is 2.32. The van der Waals surface area contributed by atoms with E-state index in [2.05, 4.69) is 31.0 Å². The molecule has 1 saturated heterocycles. The van der Waals surface area contributed by atoms with Crippen LogP contribution in [0.3, 0.4) is 0 Å². The second-order valence-corrected chi connectivity index (χ2v) is 5.28. The first kappa shape index (κ1) is 10.4. The highest BCUT2D eigenvalue weighted by Crippen LogP contribution is 2.29. The van der Waals surface area contributed by atoms with Crippen LogP contribution in [0.4, 0.5) is 0 Å². The van der Waals surface area contributed by atoms with Gasteiger partial charge in [0.2, 0.25) is 0 Å². The molecule has 2 heteroatoms. The van der Waals surface area contributed by atoms with Crippen molar-refractivity contribution in [2.24, 2.45) is 5.92 Å². The summed E-state index contributed by atoms with van der Waals surface area (Å²) in [5.41, 5.74) is 0. The molecular weight excluding hydrogens is 172 g/mol. The van der Waals surface area contributed by atoms with E-state index in [-0.39, 0.29) is 0 Å². The zero-order valence-electron chi connectivity index (χ0n) is 9.79. The molecule has 0 amide bonds. The van der Waals surface area contributed by atoms with Gasteiger partial charge in [-0.1, -0.05) is 6.42 Å². The molecule has 82 valence electrons. The van der Waals surface area contributed by atoms with Crippen LogP contribution in [0.25, 0.3) is 0 Å². The molecule has 2 nitrogen and oxygen atoms in total. The minimum absolute atomic E-state index is 0.659. The fourth-order valence-electron chi connectivity index (χ4n) is 2.65. The average Bonchev–Trinajstić information content (AvgIpc) is 2.09. The Labute approximate surface area is 88.1 Å². The number of hydrogen-bond donors (Lipinski definition) is 1. The lowest BCUT2D eigenvalue weighted by molar-refractivity contribution is 0.0543. The van der Waals surface area contributed by atoms with Crippen molar-refractivity contribution in [3.63, 3.8) is 0 Å². The second-order valence-electron chi connectivity index (χ2n) is 5.28. The normalized spacial score (nSPS) is 40.9. The van der Waals surface area contributed by atoms with E-state index in [9.17, 15) is 0 Å². The van der Waals surface area contributed by atoms with Crippen LogP contribution in [-0.4, -0.2) is 36.1 Å². The van der Waals surface area contributed by atoms with Gasteiger partial charge < -0.3 is 5.32 Å². The number of nitrogens with one attached hydrogen (secondary N) is 1. The Morgan fingerprint density at radius 3 is 2.50 bits per heavy atom.